The number of aliphatic hydroxyl groups is 1. The van der Waals surface area contributed by atoms with Crippen molar-refractivity contribution in [1.29, 1.82) is 0 Å². The number of aliphatic hydroxyl groups excluding tert-OH is 1. The van der Waals surface area contributed by atoms with Crippen LogP contribution in [0.4, 0.5) is 0 Å². The molecular weight excluding hydrogens is 302 g/mol. The van der Waals surface area contributed by atoms with E-state index in [1.54, 1.807) is 4.90 Å². The third-order valence-corrected chi connectivity index (χ3v) is 3.64. The van der Waals surface area contributed by atoms with Crippen LogP contribution in [0, 0.1) is 0 Å². The van der Waals surface area contributed by atoms with Crippen molar-refractivity contribution in [2.45, 2.75) is 38.7 Å². The monoisotopic (exact) mass is 327 g/mol. The molecule has 0 aliphatic carbocycles. The molecule has 0 atom stereocenters. The number of halogens is 1. The minimum atomic E-state index is -0.258. The molecule has 5 heteroatoms. The molecule has 22 heavy (non-hydrogen) atoms. The van der Waals surface area contributed by atoms with Gasteiger partial charge in [-0.2, -0.15) is 0 Å². The number of piperidine rings is 1. The van der Waals surface area contributed by atoms with Gasteiger partial charge in [-0.3, -0.25) is 4.79 Å². The highest BCUT2D eigenvalue weighted by Crippen LogP contribution is 2.14. The molecule has 1 saturated heterocycles. The standard InChI is InChI=1S/C16H23NO3.CH3Cl/c1-2-3-13-4-6-15(7-5-13)20-12-16(19)17-10-8-14(18)9-11-17;1-2/h4-7,14,18H,2-3,8-12H2,1H3;1H3. The fraction of sp³-hybridized carbons (Fsp3) is 0.588. The topological polar surface area (TPSA) is 49.8 Å². The zero-order valence-corrected chi connectivity index (χ0v) is 14.2. The van der Waals surface area contributed by atoms with Gasteiger partial charge in [0.05, 0.1) is 6.10 Å². The predicted octanol–water partition coefficient (Wildman–Crippen LogP) is 2.86. The lowest BCUT2D eigenvalue weighted by molar-refractivity contribution is -0.135. The van der Waals surface area contributed by atoms with E-state index in [0.29, 0.717) is 25.9 Å². The van der Waals surface area contributed by atoms with E-state index in [0.717, 1.165) is 18.6 Å². The van der Waals surface area contributed by atoms with E-state index >= 15 is 0 Å². The SMILES string of the molecule is CCCc1ccc(OCC(=O)N2CCC(O)CC2)cc1.CCl. The first-order chi connectivity index (χ1) is 10.7. The molecule has 1 heterocycles. The number of likely N-dealkylation sites (tertiary alicyclic amines) is 1. The summed E-state index contributed by atoms with van der Waals surface area (Å²) in [6.07, 6.45) is 4.73. The highest BCUT2D eigenvalue weighted by atomic mass is 35.5. The molecule has 1 amide bonds. The molecule has 1 aromatic rings. The molecule has 4 nitrogen and oxygen atoms in total. The lowest BCUT2D eigenvalue weighted by Gasteiger charge is -2.29. The Morgan fingerprint density at radius 3 is 2.41 bits per heavy atom. The summed E-state index contributed by atoms with van der Waals surface area (Å²) < 4.78 is 5.53. The fourth-order valence-corrected chi connectivity index (χ4v) is 2.39. The maximum absolute atomic E-state index is 12.0. The Bertz CT molecular complexity index is 428. The van der Waals surface area contributed by atoms with E-state index in [4.69, 9.17) is 4.74 Å². The first kappa shape index (κ1) is 18.8. The van der Waals surface area contributed by atoms with Crippen LogP contribution in [0.2, 0.25) is 0 Å². The van der Waals surface area contributed by atoms with Crippen LogP contribution < -0.4 is 4.74 Å². The quantitative estimate of drug-likeness (QED) is 0.846. The number of aryl methyl sites for hydroxylation is 1. The number of amides is 1. The van der Waals surface area contributed by atoms with Crippen LogP contribution in [0.15, 0.2) is 24.3 Å². The molecule has 0 spiro atoms. The molecule has 1 aliphatic heterocycles. The summed E-state index contributed by atoms with van der Waals surface area (Å²) in [5, 5.41) is 9.42. The smallest absolute Gasteiger partial charge is 0.260 e. The van der Waals surface area contributed by atoms with Crippen LogP contribution in [-0.2, 0) is 11.2 Å². The first-order valence-corrected chi connectivity index (χ1v) is 8.50. The largest absolute Gasteiger partial charge is 0.484 e. The summed E-state index contributed by atoms with van der Waals surface area (Å²) >= 11 is 4.64. The normalized spacial score (nSPS) is 15.0. The van der Waals surface area contributed by atoms with Gasteiger partial charge in [0.2, 0.25) is 0 Å². The van der Waals surface area contributed by atoms with Crippen molar-refractivity contribution >= 4 is 17.5 Å². The maximum atomic E-state index is 12.0. The Morgan fingerprint density at radius 1 is 1.27 bits per heavy atom. The van der Waals surface area contributed by atoms with E-state index < -0.39 is 0 Å². The second-order valence-corrected chi connectivity index (χ2v) is 5.29. The predicted molar refractivity (Wildman–Crippen MR) is 89.5 cm³/mol. The molecule has 1 aliphatic rings. The number of rotatable bonds is 5. The second-order valence-electron chi connectivity index (χ2n) is 5.29. The van der Waals surface area contributed by atoms with Gasteiger partial charge >= 0.3 is 0 Å². The number of carbonyl (C=O) groups excluding carboxylic acids is 1. The fourth-order valence-electron chi connectivity index (χ4n) is 2.39. The lowest BCUT2D eigenvalue weighted by atomic mass is 10.1. The molecule has 0 aromatic heterocycles. The molecule has 2 rings (SSSR count). The molecule has 1 fully saturated rings. The summed E-state index contributed by atoms with van der Waals surface area (Å²) in [6, 6.07) is 7.91. The van der Waals surface area contributed by atoms with E-state index in [9.17, 15) is 9.90 Å². The molecule has 0 radical (unpaired) electrons. The molecule has 1 aromatic carbocycles. The minimum Gasteiger partial charge on any atom is -0.484 e. The molecule has 124 valence electrons. The number of ether oxygens (including phenoxy) is 1. The Balaban J connectivity index is 0.00000116. The summed E-state index contributed by atoms with van der Waals surface area (Å²) in [6.45, 7) is 3.47. The van der Waals surface area contributed by atoms with E-state index in [2.05, 4.69) is 18.5 Å². The van der Waals surface area contributed by atoms with Gasteiger partial charge in [0, 0.05) is 19.5 Å². The third kappa shape index (κ3) is 6.24. The van der Waals surface area contributed by atoms with Crippen LogP contribution in [0.1, 0.15) is 31.7 Å². The van der Waals surface area contributed by atoms with Crippen molar-refractivity contribution in [3.63, 3.8) is 0 Å². The van der Waals surface area contributed by atoms with Gasteiger partial charge in [-0.1, -0.05) is 25.5 Å². The van der Waals surface area contributed by atoms with E-state index in [-0.39, 0.29) is 18.6 Å². The number of alkyl halides is 1. The van der Waals surface area contributed by atoms with Gasteiger partial charge in [0.15, 0.2) is 6.61 Å². The summed E-state index contributed by atoms with van der Waals surface area (Å²) in [7, 11) is 0. The Morgan fingerprint density at radius 2 is 1.86 bits per heavy atom. The van der Waals surface area contributed by atoms with Crippen molar-refractivity contribution in [3.05, 3.63) is 29.8 Å². The lowest BCUT2D eigenvalue weighted by Crippen LogP contribution is -2.42. The molecular formula is C17H26ClNO3. The number of hydrogen-bond acceptors (Lipinski definition) is 3. The van der Waals surface area contributed by atoms with Crippen LogP contribution in [0.5, 0.6) is 5.75 Å². The molecule has 1 N–H and O–H groups in total. The van der Waals surface area contributed by atoms with Crippen LogP contribution >= 0.6 is 11.6 Å². The molecule has 0 unspecified atom stereocenters. The van der Waals surface area contributed by atoms with E-state index in [1.807, 2.05) is 24.3 Å². The molecule has 0 bridgehead atoms. The minimum absolute atomic E-state index is 0.00506. The van der Waals surface area contributed by atoms with Crippen molar-refractivity contribution in [2.24, 2.45) is 0 Å². The van der Waals surface area contributed by atoms with Crippen LogP contribution in [0.25, 0.3) is 0 Å². The van der Waals surface area contributed by atoms with Crippen LogP contribution in [0.3, 0.4) is 0 Å². The van der Waals surface area contributed by atoms with Gasteiger partial charge in [-0.05, 0) is 37.0 Å². The highest BCUT2D eigenvalue weighted by Gasteiger charge is 2.21. The Labute approximate surface area is 138 Å². The van der Waals surface area contributed by atoms with Gasteiger partial charge in [0.25, 0.3) is 5.91 Å². The van der Waals surface area contributed by atoms with Gasteiger partial charge in [-0.15, -0.1) is 11.6 Å². The van der Waals surface area contributed by atoms with Crippen molar-refractivity contribution in [2.75, 3.05) is 26.1 Å². The summed E-state index contributed by atoms with van der Waals surface area (Å²) in [4.78, 5) is 13.7. The maximum Gasteiger partial charge on any atom is 0.260 e. The van der Waals surface area contributed by atoms with Crippen LogP contribution in [-0.4, -0.2) is 48.1 Å². The van der Waals surface area contributed by atoms with Crippen molar-refractivity contribution in [3.8, 4) is 5.75 Å². The zero-order valence-electron chi connectivity index (χ0n) is 13.4. The number of carbonyl (C=O) groups is 1. The highest BCUT2D eigenvalue weighted by molar-refractivity contribution is 6.15. The number of hydrogen-bond donors (Lipinski definition) is 1. The average molecular weight is 328 g/mol. The van der Waals surface area contributed by atoms with Crippen molar-refractivity contribution < 1.29 is 14.6 Å². The van der Waals surface area contributed by atoms with E-state index in [1.165, 1.54) is 11.9 Å². The van der Waals surface area contributed by atoms with Gasteiger partial charge in [0.1, 0.15) is 5.75 Å². The van der Waals surface area contributed by atoms with Gasteiger partial charge in [-0.25, -0.2) is 0 Å². The Hall–Kier alpha value is -1.26. The van der Waals surface area contributed by atoms with Crippen molar-refractivity contribution in [1.82, 2.24) is 4.90 Å². The molecule has 0 saturated carbocycles. The third-order valence-electron chi connectivity index (χ3n) is 3.64. The average Bonchev–Trinajstić information content (AvgIpc) is 2.57. The number of nitrogens with zero attached hydrogens (tertiary/aromatic N) is 1. The summed E-state index contributed by atoms with van der Waals surface area (Å²) in [5.74, 6) is 0.727. The second kappa shape index (κ2) is 10.5. The summed E-state index contributed by atoms with van der Waals surface area (Å²) in [5.41, 5.74) is 1.29. The van der Waals surface area contributed by atoms with Gasteiger partial charge < -0.3 is 14.7 Å². The zero-order chi connectivity index (χ0) is 16.4. The Kier molecular flexibility index (Phi) is 8.94. The first-order valence-electron chi connectivity index (χ1n) is 7.74. The number of benzene rings is 1.